The van der Waals surface area contributed by atoms with E-state index in [4.69, 9.17) is 5.73 Å². The fourth-order valence-corrected chi connectivity index (χ4v) is 6.99. The number of nitrogens with one attached hydrogen (secondary N) is 2. The van der Waals surface area contributed by atoms with Crippen LogP contribution in [0, 0.1) is 17.7 Å². The molecular weight excluding hydrogens is 447 g/mol. The SMILES string of the molecule is NC(=O)CCCc1cccc(C(=O)NC23CC4CC(CC(NC(=O)c5cccc(F)c5)(C4)C2)C3)n1. The van der Waals surface area contributed by atoms with E-state index in [1.165, 1.54) is 12.1 Å². The molecule has 8 heteroatoms. The van der Waals surface area contributed by atoms with E-state index in [1.807, 2.05) is 12.1 Å². The van der Waals surface area contributed by atoms with Crippen molar-refractivity contribution in [3.05, 3.63) is 65.2 Å². The van der Waals surface area contributed by atoms with E-state index in [2.05, 4.69) is 15.6 Å². The van der Waals surface area contributed by atoms with Gasteiger partial charge in [-0.3, -0.25) is 14.4 Å². The summed E-state index contributed by atoms with van der Waals surface area (Å²) in [5.41, 5.74) is 5.85. The number of hydrogen-bond donors (Lipinski definition) is 3. The molecule has 0 spiro atoms. The van der Waals surface area contributed by atoms with Gasteiger partial charge in [0.25, 0.3) is 11.8 Å². The van der Waals surface area contributed by atoms with Crippen molar-refractivity contribution < 1.29 is 18.8 Å². The Morgan fingerprint density at radius 3 is 2.29 bits per heavy atom. The molecule has 2 unspecified atom stereocenters. The Labute approximate surface area is 204 Å². The molecule has 184 valence electrons. The van der Waals surface area contributed by atoms with Crippen LogP contribution >= 0.6 is 0 Å². The van der Waals surface area contributed by atoms with Crippen molar-refractivity contribution in [2.45, 2.75) is 68.9 Å². The van der Waals surface area contributed by atoms with Gasteiger partial charge in [-0.25, -0.2) is 9.37 Å². The maximum Gasteiger partial charge on any atom is 0.270 e. The minimum absolute atomic E-state index is 0.213. The molecule has 4 aliphatic rings. The van der Waals surface area contributed by atoms with Crippen molar-refractivity contribution >= 4 is 17.7 Å². The summed E-state index contributed by atoms with van der Waals surface area (Å²) >= 11 is 0. The number of halogens is 1. The van der Waals surface area contributed by atoms with E-state index in [-0.39, 0.29) is 29.7 Å². The fraction of sp³-hybridized carbons (Fsp3) is 0.481. The lowest BCUT2D eigenvalue weighted by molar-refractivity contribution is -0.118. The van der Waals surface area contributed by atoms with Crippen molar-refractivity contribution in [3.8, 4) is 0 Å². The average Bonchev–Trinajstić information content (AvgIpc) is 2.77. The molecule has 2 aromatic rings. The van der Waals surface area contributed by atoms with Crippen LogP contribution in [0.2, 0.25) is 0 Å². The molecule has 1 heterocycles. The third kappa shape index (κ3) is 5.06. The fourth-order valence-electron chi connectivity index (χ4n) is 6.99. The van der Waals surface area contributed by atoms with Gasteiger partial charge in [-0.1, -0.05) is 12.1 Å². The summed E-state index contributed by atoms with van der Waals surface area (Å²) in [5, 5.41) is 6.54. The molecule has 6 rings (SSSR count). The lowest BCUT2D eigenvalue weighted by atomic mass is 9.49. The van der Waals surface area contributed by atoms with Crippen molar-refractivity contribution in [1.82, 2.24) is 15.6 Å². The zero-order valence-corrected chi connectivity index (χ0v) is 19.7. The molecule has 2 atom stereocenters. The summed E-state index contributed by atoms with van der Waals surface area (Å²) in [6.07, 6.45) is 6.79. The average molecular weight is 479 g/mol. The second-order valence-corrected chi connectivity index (χ2v) is 10.8. The first-order valence-electron chi connectivity index (χ1n) is 12.4. The van der Waals surface area contributed by atoms with Crippen molar-refractivity contribution in [1.29, 1.82) is 0 Å². The monoisotopic (exact) mass is 478 g/mol. The maximum absolute atomic E-state index is 13.7. The number of pyridine rings is 1. The van der Waals surface area contributed by atoms with Gasteiger partial charge in [-0.05, 0) is 93.5 Å². The molecule has 0 saturated heterocycles. The molecule has 4 N–H and O–H groups in total. The number of hydrogen-bond acceptors (Lipinski definition) is 4. The molecule has 0 aliphatic heterocycles. The Kier molecular flexibility index (Phi) is 6.07. The summed E-state index contributed by atoms with van der Waals surface area (Å²) in [5.74, 6) is -0.404. The number of rotatable bonds is 8. The van der Waals surface area contributed by atoms with Crippen LogP contribution in [0.4, 0.5) is 4.39 Å². The summed E-state index contributed by atoms with van der Waals surface area (Å²) < 4.78 is 13.7. The molecular formula is C27H31FN4O3. The van der Waals surface area contributed by atoms with E-state index in [1.54, 1.807) is 18.2 Å². The number of carbonyl (C=O) groups is 3. The Balaban J connectivity index is 1.30. The molecule has 4 aliphatic carbocycles. The number of amides is 3. The van der Waals surface area contributed by atoms with Gasteiger partial charge in [0.05, 0.1) is 0 Å². The van der Waals surface area contributed by atoms with Gasteiger partial charge in [0.2, 0.25) is 5.91 Å². The number of aryl methyl sites for hydroxylation is 1. The van der Waals surface area contributed by atoms with Gasteiger partial charge in [-0.2, -0.15) is 0 Å². The first-order valence-corrected chi connectivity index (χ1v) is 12.4. The minimum Gasteiger partial charge on any atom is -0.370 e. The van der Waals surface area contributed by atoms with Crippen LogP contribution in [0.1, 0.15) is 77.9 Å². The van der Waals surface area contributed by atoms with Crippen LogP contribution < -0.4 is 16.4 Å². The van der Waals surface area contributed by atoms with Crippen LogP contribution in [0.3, 0.4) is 0 Å². The maximum atomic E-state index is 13.7. The predicted molar refractivity (Wildman–Crippen MR) is 128 cm³/mol. The molecule has 7 nitrogen and oxygen atoms in total. The highest BCUT2D eigenvalue weighted by Gasteiger charge is 2.58. The predicted octanol–water partition coefficient (Wildman–Crippen LogP) is 3.28. The number of carbonyl (C=O) groups excluding carboxylic acids is 3. The zero-order chi connectivity index (χ0) is 24.6. The van der Waals surface area contributed by atoms with Crippen molar-refractivity contribution in [3.63, 3.8) is 0 Å². The van der Waals surface area contributed by atoms with Crippen LogP contribution in [0.25, 0.3) is 0 Å². The normalized spacial score (nSPS) is 28.5. The number of nitrogens with zero attached hydrogens (tertiary/aromatic N) is 1. The largest absolute Gasteiger partial charge is 0.370 e. The number of aromatic nitrogens is 1. The van der Waals surface area contributed by atoms with Crippen LogP contribution in [0.15, 0.2) is 42.5 Å². The third-order valence-electron chi connectivity index (χ3n) is 7.80. The van der Waals surface area contributed by atoms with Gasteiger partial charge < -0.3 is 16.4 Å². The lowest BCUT2D eigenvalue weighted by Gasteiger charge is -2.62. The van der Waals surface area contributed by atoms with Crippen LogP contribution in [-0.4, -0.2) is 33.8 Å². The van der Waals surface area contributed by atoms with Gasteiger partial charge in [-0.15, -0.1) is 0 Å². The van der Waals surface area contributed by atoms with E-state index in [0.717, 1.165) is 37.8 Å². The number of nitrogens with two attached hydrogens (primary N) is 1. The smallest absolute Gasteiger partial charge is 0.270 e. The van der Waals surface area contributed by atoms with Crippen LogP contribution in [-0.2, 0) is 11.2 Å². The first kappa shape index (κ1) is 23.5. The van der Waals surface area contributed by atoms with Gasteiger partial charge in [0.15, 0.2) is 0 Å². The van der Waals surface area contributed by atoms with E-state index < -0.39 is 11.4 Å². The zero-order valence-electron chi connectivity index (χ0n) is 19.7. The van der Waals surface area contributed by atoms with Crippen molar-refractivity contribution in [2.24, 2.45) is 17.6 Å². The Hall–Kier alpha value is -3.29. The molecule has 1 aromatic carbocycles. The highest BCUT2D eigenvalue weighted by molar-refractivity contribution is 5.95. The topological polar surface area (TPSA) is 114 Å². The quantitative estimate of drug-likeness (QED) is 0.540. The number of primary amides is 1. The summed E-state index contributed by atoms with van der Waals surface area (Å²) in [7, 11) is 0. The summed E-state index contributed by atoms with van der Waals surface area (Å²) in [6.45, 7) is 0. The highest BCUT2D eigenvalue weighted by atomic mass is 19.1. The summed E-state index contributed by atoms with van der Waals surface area (Å²) in [6, 6.07) is 11.1. The molecule has 35 heavy (non-hydrogen) atoms. The van der Waals surface area contributed by atoms with Gasteiger partial charge in [0.1, 0.15) is 11.5 Å². The Morgan fingerprint density at radius 1 is 0.971 bits per heavy atom. The Morgan fingerprint density at radius 2 is 1.63 bits per heavy atom. The van der Waals surface area contributed by atoms with E-state index >= 15 is 0 Å². The molecule has 1 aromatic heterocycles. The van der Waals surface area contributed by atoms with E-state index in [9.17, 15) is 18.8 Å². The standard InChI is InChI=1S/C27H31FN4O3/c28-20-5-1-4-19(11-20)24(34)31-26-12-17-10-18(13-26)15-27(14-17,16-26)32-25(35)22-8-2-6-21(30-22)7-3-9-23(29)33/h1-2,4-6,8,11,17-18H,3,7,9-10,12-16H2,(H2,29,33)(H,31,34)(H,32,35). The molecule has 4 bridgehead atoms. The van der Waals surface area contributed by atoms with Gasteiger partial charge >= 0.3 is 0 Å². The van der Waals surface area contributed by atoms with Crippen LogP contribution in [0.5, 0.6) is 0 Å². The molecule has 4 fully saturated rings. The van der Waals surface area contributed by atoms with E-state index in [0.29, 0.717) is 42.4 Å². The highest BCUT2D eigenvalue weighted by Crippen LogP contribution is 2.57. The second kappa shape index (κ2) is 9.06. The summed E-state index contributed by atoms with van der Waals surface area (Å²) in [4.78, 5) is 41.8. The van der Waals surface area contributed by atoms with Crippen molar-refractivity contribution in [2.75, 3.05) is 0 Å². The third-order valence-corrected chi connectivity index (χ3v) is 7.80. The lowest BCUT2D eigenvalue weighted by Crippen LogP contribution is -2.69. The molecule has 0 radical (unpaired) electrons. The first-order chi connectivity index (χ1) is 16.7. The molecule has 3 amide bonds. The Bertz CT molecular complexity index is 1150. The second-order valence-electron chi connectivity index (χ2n) is 10.8. The van der Waals surface area contributed by atoms with Gasteiger partial charge in [0, 0.05) is 28.8 Å². The minimum atomic E-state index is -0.434. The number of benzene rings is 1. The molecule has 4 saturated carbocycles.